The van der Waals surface area contributed by atoms with E-state index in [-0.39, 0.29) is 43.8 Å². The van der Waals surface area contributed by atoms with E-state index in [2.05, 4.69) is 0 Å². The average molecular weight is 235 g/mol. The van der Waals surface area contributed by atoms with Crippen LogP contribution in [0, 0.1) is 0 Å². The zero-order valence-electron chi connectivity index (χ0n) is 7.81. The Hall–Kier alpha value is 0.535. The van der Waals surface area contributed by atoms with Gasteiger partial charge in [0.1, 0.15) is 0 Å². The first-order valence-corrected chi connectivity index (χ1v) is 4.45. The third-order valence-corrected chi connectivity index (χ3v) is 2.62. The van der Waals surface area contributed by atoms with Crippen LogP contribution in [0.25, 0.3) is 0 Å². The van der Waals surface area contributed by atoms with Gasteiger partial charge in [0, 0.05) is 22.0 Å². The molecular weight excluding hydrogens is 229 g/mol. The number of ketones is 1. The predicted molar refractivity (Wildman–Crippen MR) is 54.9 cm³/mol. The van der Waals surface area contributed by atoms with E-state index in [1.54, 1.807) is 12.1 Å². The molecule has 66 valence electrons. The molecule has 0 aromatic heterocycles. The van der Waals surface area contributed by atoms with Crippen molar-refractivity contribution < 1.29 is 34.4 Å². The van der Waals surface area contributed by atoms with Crippen LogP contribution in [0.5, 0.6) is 0 Å². The number of hydrogen-bond acceptors (Lipinski definition) is 1. The van der Waals surface area contributed by atoms with Gasteiger partial charge in [-0.05, 0) is 24.1 Å². The van der Waals surface area contributed by atoms with Crippen LogP contribution < -0.4 is 29.6 Å². The summed E-state index contributed by atoms with van der Waals surface area (Å²) in [5.41, 5.74) is 1.65. The molecule has 0 aliphatic heterocycles. The number of fused-ring (bicyclic) bond motifs is 1. The molecule has 4 radical (unpaired) electrons. The molecule has 0 unspecified atom stereocenters. The van der Waals surface area contributed by atoms with Crippen LogP contribution in [0.2, 0.25) is 10.0 Å². The summed E-state index contributed by atoms with van der Waals surface area (Å²) in [5.74, 6) is 0.148. The van der Waals surface area contributed by atoms with Crippen molar-refractivity contribution in [3.8, 4) is 0 Å². The molecule has 0 N–H and O–H groups in total. The van der Waals surface area contributed by atoms with E-state index in [0.717, 1.165) is 12.0 Å². The largest absolute Gasteiger partial charge is 1.00 e. The Morgan fingerprint density at radius 1 is 1.14 bits per heavy atom. The van der Waals surface area contributed by atoms with Crippen molar-refractivity contribution in [2.24, 2.45) is 0 Å². The molecule has 0 bridgehead atoms. The SMILES string of the molecule is O=C1CCc2c(Cl)cc(Cl)cc21.[B-].[Na+]. The summed E-state index contributed by atoms with van der Waals surface area (Å²) in [7, 11) is 0. The molecule has 0 amide bonds. The molecule has 1 aliphatic carbocycles. The molecule has 0 atom stereocenters. The van der Waals surface area contributed by atoms with Crippen molar-refractivity contribution in [3.05, 3.63) is 33.3 Å². The van der Waals surface area contributed by atoms with Gasteiger partial charge in [-0.2, -0.15) is 0 Å². The summed E-state index contributed by atoms with van der Waals surface area (Å²) in [6, 6.07) is 3.37. The van der Waals surface area contributed by atoms with E-state index in [0.29, 0.717) is 22.0 Å². The van der Waals surface area contributed by atoms with E-state index < -0.39 is 0 Å². The molecule has 1 aromatic carbocycles. The first-order chi connectivity index (χ1) is 5.68. The number of halogens is 2. The standard InChI is InChI=1S/C9H6Cl2O.B.Na/c10-5-3-7-6(8(11)4-5)1-2-9(7)12;;/h3-4H,1-2H2;;/q;-1;+1. The third-order valence-electron chi connectivity index (χ3n) is 2.06. The average Bonchev–Trinajstić information content (AvgIpc) is 2.33. The minimum atomic E-state index is 0. The monoisotopic (exact) mass is 234 g/mol. The number of hydrogen-bond donors (Lipinski definition) is 0. The molecule has 0 spiro atoms. The quantitative estimate of drug-likeness (QED) is 0.566. The van der Waals surface area contributed by atoms with Gasteiger partial charge in [-0.3, -0.25) is 4.79 Å². The summed E-state index contributed by atoms with van der Waals surface area (Å²) < 4.78 is 0. The molecule has 0 saturated carbocycles. The van der Waals surface area contributed by atoms with E-state index in [9.17, 15) is 4.79 Å². The van der Waals surface area contributed by atoms with E-state index in [1.807, 2.05) is 0 Å². The second kappa shape index (κ2) is 5.57. The molecular formula is C9H6BCl2NaO. The predicted octanol–water partition coefficient (Wildman–Crippen LogP) is -0.254. The molecule has 14 heavy (non-hydrogen) atoms. The minimum absolute atomic E-state index is 0. The molecule has 1 nitrogen and oxygen atoms in total. The number of carbonyl (C=O) groups is 1. The Morgan fingerprint density at radius 3 is 2.43 bits per heavy atom. The Bertz CT molecular complexity index is 368. The number of carbonyl (C=O) groups excluding carboxylic acids is 1. The molecule has 0 saturated heterocycles. The number of rotatable bonds is 0. The van der Waals surface area contributed by atoms with Crippen LogP contribution >= 0.6 is 23.2 Å². The first kappa shape index (κ1) is 14.5. The fourth-order valence-electron chi connectivity index (χ4n) is 1.48. The van der Waals surface area contributed by atoms with Gasteiger partial charge in [0.15, 0.2) is 5.78 Å². The minimum Gasteiger partial charge on any atom is -1.00 e. The summed E-state index contributed by atoms with van der Waals surface area (Å²) in [5, 5.41) is 1.15. The van der Waals surface area contributed by atoms with Crippen LogP contribution in [0.1, 0.15) is 22.3 Å². The molecule has 1 aromatic rings. The fourth-order valence-corrected chi connectivity index (χ4v) is 2.07. The van der Waals surface area contributed by atoms with Gasteiger partial charge in [-0.1, -0.05) is 23.2 Å². The van der Waals surface area contributed by atoms with Crippen molar-refractivity contribution in [2.75, 3.05) is 0 Å². The smallest absolute Gasteiger partial charge is 1.00 e. The Morgan fingerprint density at radius 2 is 1.79 bits per heavy atom. The van der Waals surface area contributed by atoms with Crippen LogP contribution in [-0.2, 0) is 6.42 Å². The molecule has 0 fully saturated rings. The third kappa shape index (κ3) is 2.56. The van der Waals surface area contributed by atoms with Crippen LogP contribution in [0.15, 0.2) is 12.1 Å². The van der Waals surface area contributed by atoms with Crippen molar-refractivity contribution in [1.82, 2.24) is 0 Å². The van der Waals surface area contributed by atoms with E-state index in [4.69, 9.17) is 23.2 Å². The molecule has 2 rings (SSSR count). The van der Waals surface area contributed by atoms with Crippen LogP contribution in [0.4, 0.5) is 0 Å². The molecule has 1 aliphatic rings. The van der Waals surface area contributed by atoms with Gasteiger partial charge < -0.3 is 8.41 Å². The zero-order valence-corrected chi connectivity index (χ0v) is 11.3. The maximum atomic E-state index is 11.3. The Labute approximate surface area is 117 Å². The summed E-state index contributed by atoms with van der Waals surface area (Å²) in [6.45, 7) is 0. The van der Waals surface area contributed by atoms with Gasteiger partial charge in [0.2, 0.25) is 0 Å². The number of Topliss-reactive ketones (excluding diaryl/α,β-unsaturated/α-hetero) is 1. The summed E-state index contributed by atoms with van der Waals surface area (Å²) in [4.78, 5) is 11.3. The fraction of sp³-hybridized carbons (Fsp3) is 0.222. The van der Waals surface area contributed by atoms with Crippen molar-refractivity contribution >= 4 is 37.4 Å². The Balaban J connectivity index is 0.000000845. The summed E-state index contributed by atoms with van der Waals surface area (Å²) in [6.07, 6.45) is 1.32. The number of benzene rings is 1. The second-order valence-corrected chi connectivity index (χ2v) is 3.68. The van der Waals surface area contributed by atoms with Crippen molar-refractivity contribution in [2.45, 2.75) is 12.8 Å². The van der Waals surface area contributed by atoms with Crippen LogP contribution in [0.3, 0.4) is 0 Å². The molecule has 5 heteroatoms. The maximum Gasteiger partial charge on any atom is 1.00 e. The normalized spacial score (nSPS) is 12.9. The van der Waals surface area contributed by atoms with Gasteiger partial charge in [0.25, 0.3) is 0 Å². The van der Waals surface area contributed by atoms with Crippen LogP contribution in [-0.4, -0.2) is 14.2 Å². The van der Waals surface area contributed by atoms with Crippen molar-refractivity contribution in [1.29, 1.82) is 0 Å². The van der Waals surface area contributed by atoms with Gasteiger partial charge in [-0.25, -0.2) is 0 Å². The van der Waals surface area contributed by atoms with E-state index in [1.165, 1.54) is 0 Å². The Kier molecular flexibility index (Phi) is 5.79. The zero-order chi connectivity index (χ0) is 8.72. The van der Waals surface area contributed by atoms with Gasteiger partial charge >= 0.3 is 29.6 Å². The first-order valence-electron chi connectivity index (χ1n) is 3.69. The van der Waals surface area contributed by atoms with Gasteiger partial charge in [0.05, 0.1) is 0 Å². The second-order valence-electron chi connectivity index (χ2n) is 2.84. The van der Waals surface area contributed by atoms with E-state index >= 15 is 0 Å². The molecule has 0 heterocycles. The topological polar surface area (TPSA) is 17.1 Å². The maximum absolute atomic E-state index is 11.3. The summed E-state index contributed by atoms with van der Waals surface area (Å²) >= 11 is 11.7. The van der Waals surface area contributed by atoms with Gasteiger partial charge in [-0.15, -0.1) is 0 Å². The van der Waals surface area contributed by atoms with Crippen molar-refractivity contribution in [3.63, 3.8) is 0 Å².